The van der Waals surface area contributed by atoms with Crippen LogP contribution in [-0.2, 0) is 14.3 Å². The summed E-state index contributed by atoms with van der Waals surface area (Å²) in [6, 6.07) is 17.1. The number of rotatable bonds is 6. The van der Waals surface area contributed by atoms with Crippen LogP contribution in [0.5, 0.6) is 5.75 Å². The summed E-state index contributed by atoms with van der Waals surface area (Å²) in [5, 5.41) is 0. The van der Waals surface area contributed by atoms with E-state index in [0.717, 1.165) is 17.2 Å². The Labute approximate surface area is 129 Å². The van der Waals surface area contributed by atoms with E-state index in [2.05, 4.69) is 6.58 Å². The highest BCUT2D eigenvalue weighted by atomic mass is 16.5. The van der Waals surface area contributed by atoms with E-state index in [-0.39, 0.29) is 13.0 Å². The molecule has 0 aliphatic carbocycles. The van der Waals surface area contributed by atoms with E-state index in [0.29, 0.717) is 5.75 Å². The molecule has 112 valence electrons. The molecule has 0 N–H and O–H groups in total. The second-order valence-corrected chi connectivity index (χ2v) is 4.49. The molecule has 0 fully saturated rings. The van der Waals surface area contributed by atoms with Gasteiger partial charge in [0.15, 0.2) is 0 Å². The molecule has 2 rings (SSSR count). The van der Waals surface area contributed by atoms with Gasteiger partial charge in [-0.2, -0.15) is 0 Å². The van der Waals surface area contributed by atoms with Crippen molar-refractivity contribution in [3.05, 3.63) is 67.3 Å². The summed E-state index contributed by atoms with van der Waals surface area (Å²) in [6.07, 6.45) is 1.05. The minimum Gasteiger partial charge on any atom is -0.462 e. The van der Waals surface area contributed by atoms with Gasteiger partial charge in [0.2, 0.25) is 0 Å². The van der Waals surface area contributed by atoms with E-state index in [1.54, 1.807) is 12.1 Å². The first-order valence-corrected chi connectivity index (χ1v) is 6.84. The van der Waals surface area contributed by atoms with Gasteiger partial charge in [0.05, 0.1) is 6.42 Å². The van der Waals surface area contributed by atoms with Crippen LogP contribution in [0.25, 0.3) is 11.1 Å². The number of benzene rings is 2. The van der Waals surface area contributed by atoms with Crippen molar-refractivity contribution in [2.24, 2.45) is 0 Å². The summed E-state index contributed by atoms with van der Waals surface area (Å²) < 4.78 is 9.88. The number of hydrogen-bond acceptors (Lipinski definition) is 4. The van der Waals surface area contributed by atoms with Crippen LogP contribution in [0.15, 0.2) is 67.3 Å². The molecule has 0 saturated heterocycles. The Kier molecular flexibility index (Phi) is 5.49. The minimum atomic E-state index is -0.556. The third-order valence-corrected chi connectivity index (χ3v) is 2.91. The highest BCUT2D eigenvalue weighted by Gasteiger charge is 2.06. The lowest BCUT2D eigenvalue weighted by atomic mass is 10.1. The van der Waals surface area contributed by atoms with Crippen molar-refractivity contribution in [3.8, 4) is 16.9 Å². The number of carbonyl (C=O) groups excluding carboxylic acids is 2. The quantitative estimate of drug-likeness (QED) is 0.466. The average molecular weight is 296 g/mol. The monoisotopic (exact) mass is 296 g/mol. The van der Waals surface area contributed by atoms with Crippen molar-refractivity contribution in [2.75, 3.05) is 6.61 Å². The summed E-state index contributed by atoms with van der Waals surface area (Å²) in [5.41, 5.74) is 2.14. The summed E-state index contributed by atoms with van der Waals surface area (Å²) in [7, 11) is 0. The minimum absolute atomic E-state index is 0.0000166. The third kappa shape index (κ3) is 4.59. The standard InChI is InChI=1S/C18H16O4/c1-2-17(19)21-13-12-18(20)22-16-10-8-15(9-11-16)14-6-4-3-5-7-14/h2-11H,1,12-13H2. The zero-order valence-electron chi connectivity index (χ0n) is 12.0. The Balaban J connectivity index is 1.87. The van der Waals surface area contributed by atoms with Gasteiger partial charge in [-0.3, -0.25) is 4.79 Å². The lowest BCUT2D eigenvalue weighted by Gasteiger charge is -2.06. The van der Waals surface area contributed by atoms with Crippen LogP contribution in [-0.4, -0.2) is 18.5 Å². The molecule has 0 aliphatic rings. The van der Waals surface area contributed by atoms with E-state index in [9.17, 15) is 9.59 Å². The van der Waals surface area contributed by atoms with E-state index in [1.165, 1.54) is 0 Å². The van der Waals surface area contributed by atoms with Gasteiger partial charge in [0, 0.05) is 6.08 Å². The second kappa shape index (κ2) is 7.78. The maximum absolute atomic E-state index is 11.6. The highest BCUT2D eigenvalue weighted by Crippen LogP contribution is 2.22. The number of ether oxygens (including phenoxy) is 2. The predicted molar refractivity (Wildman–Crippen MR) is 83.3 cm³/mol. The molecular formula is C18H16O4. The van der Waals surface area contributed by atoms with Crippen molar-refractivity contribution >= 4 is 11.9 Å². The van der Waals surface area contributed by atoms with Crippen LogP contribution in [0.2, 0.25) is 0 Å². The van der Waals surface area contributed by atoms with Crippen LogP contribution in [0, 0.1) is 0 Å². The van der Waals surface area contributed by atoms with Gasteiger partial charge in [-0.25, -0.2) is 4.79 Å². The predicted octanol–water partition coefficient (Wildman–Crippen LogP) is 3.38. The Hall–Kier alpha value is -2.88. The molecule has 4 nitrogen and oxygen atoms in total. The molecule has 2 aromatic carbocycles. The molecule has 0 spiro atoms. The Morgan fingerprint density at radius 1 is 0.955 bits per heavy atom. The first-order chi connectivity index (χ1) is 10.7. The van der Waals surface area contributed by atoms with Gasteiger partial charge in [-0.05, 0) is 23.3 Å². The van der Waals surface area contributed by atoms with Gasteiger partial charge in [0.1, 0.15) is 12.4 Å². The van der Waals surface area contributed by atoms with Crippen molar-refractivity contribution < 1.29 is 19.1 Å². The summed E-state index contributed by atoms with van der Waals surface area (Å²) in [6.45, 7) is 3.25. The topological polar surface area (TPSA) is 52.6 Å². The Bertz CT molecular complexity index is 645. The van der Waals surface area contributed by atoms with Crippen molar-refractivity contribution in [2.45, 2.75) is 6.42 Å². The van der Waals surface area contributed by atoms with Crippen molar-refractivity contribution in [1.29, 1.82) is 0 Å². The molecule has 0 aliphatic heterocycles. The van der Waals surface area contributed by atoms with Crippen molar-refractivity contribution in [1.82, 2.24) is 0 Å². The molecule has 0 radical (unpaired) electrons. The zero-order chi connectivity index (χ0) is 15.8. The average Bonchev–Trinajstić information content (AvgIpc) is 2.56. The molecule has 22 heavy (non-hydrogen) atoms. The maximum Gasteiger partial charge on any atom is 0.330 e. The molecule has 0 heterocycles. The Morgan fingerprint density at radius 3 is 2.23 bits per heavy atom. The Morgan fingerprint density at radius 2 is 1.59 bits per heavy atom. The molecule has 0 bridgehead atoms. The fourth-order valence-electron chi connectivity index (χ4n) is 1.82. The zero-order valence-corrected chi connectivity index (χ0v) is 12.0. The second-order valence-electron chi connectivity index (χ2n) is 4.49. The van der Waals surface area contributed by atoms with Crippen LogP contribution in [0.1, 0.15) is 6.42 Å². The maximum atomic E-state index is 11.6. The molecule has 0 saturated carbocycles. The van der Waals surface area contributed by atoms with Crippen LogP contribution in [0.3, 0.4) is 0 Å². The van der Waals surface area contributed by atoms with Gasteiger partial charge in [-0.1, -0.05) is 49.0 Å². The molecule has 4 heteroatoms. The van der Waals surface area contributed by atoms with Crippen LogP contribution < -0.4 is 4.74 Å². The number of carbonyl (C=O) groups is 2. The van der Waals surface area contributed by atoms with Gasteiger partial charge < -0.3 is 9.47 Å². The largest absolute Gasteiger partial charge is 0.462 e. The van der Waals surface area contributed by atoms with E-state index < -0.39 is 11.9 Å². The van der Waals surface area contributed by atoms with Gasteiger partial charge in [-0.15, -0.1) is 0 Å². The molecule has 0 atom stereocenters. The summed E-state index contributed by atoms with van der Waals surface area (Å²) in [5.74, 6) is -0.552. The summed E-state index contributed by atoms with van der Waals surface area (Å²) in [4.78, 5) is 22.4. The first-order valence-electron chi connectivity index (χ1n) is 6.84. The highest BCUT2D eigenvalue weighted by molar-refractivity contribution is 5.81. The normalized spacial score (nSPS) is 9.82. The molecule has 2 aromatic rings. The number of hydrogen-bond donors (Lipinski definition) is 0. The smallest absolute Gasteiger partial charge is 0.330 e. The van der Waals surface area contributed by atoms with Crippen LogP contribution in [0.4, 0.5) is 0 Å². The lowest BCUT2D eigenvalue weighted by Crippen LogP contribution is -2.12. The molecular weight excluding hydrogens is 280 g/mol. The van der Waals surface area contributed by atoms with Gasteiger partial charge >= 0.3 is 11.9 Å². The third-order valence-electron chi connectivity index (χ3n) is 2.91. The first kappa shape index (κ1) is 15.5. The molecule has 0 amide bonds. The fourth-order valence-corrected chi connectivity index (χ4v) is 1.82. The van der Waals surface area contributed by atoms with Crippen molar-refractivity contribution in [3.63, 3.8) is 0 Å². The molecule has 0 aromatic heterocycles. The SMILES string of the molecule is C=CC(=O)OCCC(=O)Oc1ccc(-c2ccccc2)cc1. The van der Waals surface area contributed by atoms with E-state index in [1.807, 2.05) is 42.5 Å². The molecule has 0 unspecified atom stereocenters. The fraction of sp³-hybridized carbons (Fsp3) is 0.111. The summed E-state index contributed by atoms with van der Waals surface area (Å²) >= 11 is 0. The lowest BCUT2D eigenvalue weighted by molar-refractivity contribution is -0.141. The van der Waals surface area contributed by atoms with Crippen LogP contribution >= 0.6 is 0 Å². The van der Waals surface area contributed by atoms with Gasteiger partial charge in [0.25, 0.3) is 0 Å². The van der Waals surface area contributed by atoms with E-state index in [4.69, 9.17) is 9.47 Å². The van der Waals surface area contributed by atoms with E-state index >= 15 is 0 Å². The number of esters is 2.